The highest BCUT2D eigenvalue weighted by molar-refractivity contribution is 7.17. The Bertz CT molecular complexity index is 688. The summed E-state index contributed by atoms with van der Waals surface area (Å²) in [6, 6.07) is 3.85. The minimum Gasteiger partial charge on any atom is -0.261 e. The molecule has 0 aromatic carbocycles. The molecule has 0 spiro atoms. The molecule has 0 unspecified atom stereocenters. The van der Waals surface area contributed by atoms with Crippen LogP contribution >= 0.6 is 11.3 Å². The average Bonchev–Trinajstić information content (AvgIpc) is 2.99. The molecule has 0 aliphatic heterocycles. The van der Waals surface area contributed by atoms with Crippen LogP contribution in [-0.4, -0.2) is 19.7 Å². The third-order valence-corrected chi connectivity index (χ3v) is 3.16. The van der Waals surface area contributed by atoms with Gasteiger partial charge in [-0.3, -0.25) is 4.68 Å². The zero-order valence-electron chi connectivity index (χ0n) is 8.87. The van der Waals surface area contributed by atoms with E-state index in [1.54, 1.807) is 28.5 Å². The largest absolute Gasteiger partial charge is 0.261 e. The maximum atomic E-state index is 4.19. The second kappa shape index (κ2) is 4.36. The average molecular weight is 240 g/mol. The molecule has 0 atom stereocenters. The van der Waals surface area contributed by atoms with Crippen LogP contribution in [0.25, 0.3) is 10.2 Å². The quantitative estimate of drug-likeness (QED) is 0.610. The SMILES string of the molecule is C(#Cc1ncnc2ccsc12)Cn1cccn1. The molecule has 5 heteroatoms. The lowest BCUT2D eigenvalue weighted by Gasteiger charge is -1.92. The van der Waals surface area contributed by atoms with Gasteiger partial charge in [-0.25, -0.2) is 9.97 Å². The van der Waals surface area contributed by atoms with E-state index in [4.69, 9.17) is 0 Å². The van der Waals surface area contributed by atoms with Gasteiger partial charge in [0.05, 0.1) is 10.2 Å². The third kappa shape index (κ3) is 2.03. The zero-order chi connectivity index (χ0) is 11.5. The van der Waals surface area contributed by atoms with Crippen LogP contribution in [0.5, 0.6) is 0 Å². The van der Waals surface area contributed by atoms with Crippen molar-refractivity contribution in [1.82, 2.24) is 19.7 Å². The first-order valence-corrected chi connectivity index (χ1v) is 5.96. The predicted octanol–water partition coefficient (Wildman–Crippen LogP) is 1.94. The minimum absolute atomic E-state index is 0.573. The van der Waals surface area contributed by atoms with Crippen molar-refractivity contribution in [2.45, 2.75) is 6.54 Å². The van der Waals surface area contributed by atoms with Crippen LogP contribution in [0.3, 0.4) is 0 Å². The van der Waals surface area contributed by atoms with Crippen LogP contribution in [0, 0.1) is 11.8 Å². The molecule has 0 aliphatic rings. The van der Waals surface area contributed by atoms with Gasteiger partial charge < -0.3 is 0 Å². The minimum atomic E-state index is 0.573. The Morgan fingerprint density at radius 1 is 1.35 bits per heavy atom. The molecule has 0 amide bonds. The number of aromatic nitrogens is 4. The summed E-state index contributed by atoms with van der Waals surface area (Å²) in [5.74, 6) is 6.11. The number of thiophene rings is 1. The Hall–Kier alpha value is -2.19. The molecule has 0 saturated heterocycles. The van der Waals surface area contributed by atoms with Gasteiger partial charge in [0, 0.05) is 12.4 Å². The molecule has 3 rings (SSSR count). The highest BCUT2D eigenvalue weighted by Gasteiger charge is 2.01. The molecule has 3 heterocycles. The first kappa shape index (κ1) is 10.00. The van der Waals surface area contributed by atoms with Gasteiger partial charge in [-0.05, 0) is 23.4 Å². The van der Waals surface area contributed by atoms with Gasteiger partial charge in [0.1, 0.15) is 18.6 Å². The van der Waals surface area contributed by atoms with Crippen LogP contribution in [0.15, 0.2) is 36.2 Å². The van der Waals surface area contributed by atoms with E-state index in [1.807, 2.05) is 23.7 Å². The van der Waals surface area contributed by atoms with Crippen molar-refractivity contribution in [3.05, 3.63) is 41.9 Å². The van der Waals surface area contributed by atoms with E-state index in [0.29, 0.717) is 6.54 Å². The van der Waals surface area contributed by atoms with E-state index < -0.39 is 0 Å². The summed E-state index contributed by atoms with van der Waals surface area (Å²) in [4.78, 5) is 8.37. The Kier molecular flexibility index (Phi) is 2.56. The van der Waals surface area contributed by atoms with Crippen molar-refractivity contribution in [3.63, 3.8) is 0 Å². The summed E-state index contributed by atoms with van der Waals surface area (Å²) >= 11 is 1.61. The summed E-state index contributed by atoms with van der Waals surface area (Å²) in [6.45, 7) is 0.573. The van der Waals surface area contributed by atoms with E-state index in [9.17, 15) is 0 Å². The Morgan fingerprint density at radius 3 is 3.24 bits per heavy atom. The van der Waals surface area contributed by atoms with Crippen LogP contribution < -0.4 is 0 Å². The fraction of sp³-hybridized carbons (Fsp3) is 0.0833. The van der Waals surface area contributed by atoms with Gasteiger partial charge in [-0.2, -0.15) is 5.10 Å². The molecule has 0 saturated carbocycles. The predicted molar refractivity (Wildman–Crippen MR) is 66.5 cm³/mol. The molecule has 0 aliphatic carbocycles. The summed E-state index contributed by atoms with van der Waals surface area (Å²) in [5.41, 5.74) is 1.74. The molecule has 17 heavy (non-hydrogen) atoms. The molecule has 0 radical (unpaired) electrons. The highest BCUT2D eigenvalue weighted by atomic mass is 32.1. The lowest BCUT2D eigenvalue weighted by molar-refractivity contribution is 0.715. The van der Waals surface area contributed by atoms with Crippen LogP contribution in [0.2, 0.25) is 0 Å². The maximum absolute atomic E-state index is 4.19. The molecular formula is C12H8N4S. The molecule has 0 bridgehead atoms. The monoisotopic (exact) mass is 240 g/mol. The Morgan fingerprint density at radius 2 is 2.35 bits per heavy atom. The molecular weight excluding hydrogens is 232 g/mol. The molecule has 3 aromatic rings. The second-order valence-corrected chi connectivity index (χ2v) is 4.28. The van der Waals surface area contributed by atoms with Crippen molar-refractivity contribution >= 4 is 21.6 Å². The maximum Gasteiger partial charge on any atom is 0.134 e. The topological polar surface area (TPSA) is 43.6 Å². The number of hydrogen-bond acceptors (Lipinski definition) is 4. The van der Waals surface area contributed by atoms with Gasteiger partial charge in [0.25, 0.3) is 0 Å². The van der Waals surface area contributed by atoms with E-state index in [0.717, 1.165) is 15.9 Å². The summed E-state index contributed by atoms with van der Waals surface area (Å²) in [5, 5.41) is 6.08. The van der Waals surface area contributed by atoms with Crippen molar-refractivity contribution in [2.24, 2.45) is 0 Å². The number of hydrogen-bond donors (Lipinski definition) is 0. The lowest BCUT2D eigenvalue weighted by Crippen LogP contribution is -1.95. The van der Waals surface area contributed by atoms with Gasteiger partial charge in [0.2, 0.25) is 0 Å². The highest BCUT2D eigenvalue weighted by Crippen LogP contribution is 2.20. The van der Waals surface area contributed by atoms with Crippen LogP contribution in [-0.2, 0) is 6.54 Å². The lowest BCUT2D eigenvalue weighted by atomic mass is 10.3. The van der Waals surface area contributed by atoms with Crippen LogP contribution in [0.1, 0.15) is 5.69 Å². The zero-order valence-corrected chi connectivity index (χ0v) is 9.68. The third-order valence-electron chi connectivity index (χ3n) is 2.25. The smallest absolute Gasteiger partial charge is 0.134 e. The standard InChI is InChI=1S/C12H8N4S/c1(6-16-7-2-5-15-16)3-10-12-11(4-8-17-12)14-9-13-10/h2,4-5,7-9H,6H2. The van der Waals surface area contributed by atoms with Gasteiger partial charge in [0.15, 0.2) is 0 Å². The molecule has 0 N–H and O–H groups in total. The fourth-order valence-corrected chi connectivity index (χ4v) is 2.27. The van der Waals surface area contributed by atoms with Gasteiger partial charge in [-0.1, -0.05) is 5.92 Å². The molecule has 82 valence electrons. The summed E-state index contributed by atoms with van der Waals surface area (Å²) < 4.78 is 2.82. The van der Waals surface area contributed by atoms with E-state index in [2.05, 4.69) is 26.9 Å². The van der Waals surface area contributed by atoms with E-state index in [1.165, 1.54) is 0 Å². The van der Waals surface area contributed by atoms with Gasteiger partial charge >= 0.3 is 0 Å². The van der Waals surface area contributed by atoms with Crippen LogP contribution in [0.4, 0.5) is 0 Å². The van der Waals surface area contributed by atoms with E-state index >= 15 is 0 Å². The summed E-state index contributed by atoms with van der Waals surface area (Å²) in [6.07, 6.45) is 5.17. The summed E-state index contributed by atoms with van der Waals surface area (Å²) in [7, 11) is 0. The number of fused-ring (bicyclic) bond motifs is 1. The molecule has 0 fully saturated rings. The molecule has 4 nitrogen and oxygen atoms in total. The fourth-order valence-electron chi connectivity index (χ4n) is 1.48. The first-order chi connectivity index (χ1) is 8.43. The normalized spacial score (nSPS) is 10.1. The van der Waals surface area contributed by atoms with Crippen molar-refractivity contribution < 1.29 is 0 Å². The van der Waals surface area contributed by atoms with Crippen molar-refractivity contribution in [1.29, 1.82) is 0 Å². The van der Waals surface area contributed by atoms with Crippen molar-refractivity contribution in [2.75, 3.05) is 0 Å². The molecule has 3 aromatic heterocycles. The first-order valence-electron chi connectivity index (χ1n) is 5.08. The van der Waals surface area contributed by atoms with Crippen molar-refractivity contribution in [3.8, 4) is 11.8 Å². The Balaban J connectivity index is 1.90. The van der Waals surface area contributed by atoms with Gasteiger partial charge in [-0.15, -0.1) is 11.3 Å². The number of nitrogens with zero attached hydrogens (tertiary/aromatic N) is 4. The Labute approximate surface area is 102 Å². The number of rotatable bonds is 1. The second-order valence-electron chi connectivity index (χ2n) is 3.36. The van der Waals surface area contributed by atoms with E-state index in [-0.39, 0.29) is 0 Å².